The molecule has 0 aliphatic heterocycles. The highest BCUT2D eigenvalue weighted by molar-refractivity contribution is 5.83. The number of fused-ring (bicyclic) bond motifs is 2. The van der Waals surface area contributed by atoms with E-state index in [4.69, 9.17) is 0 Å². The molecule has 2 bridgehead atoms. The Kier molecular flexibility index (Phi) is 3.19. The van der Waals surface area contributed by atoms with E-state index < -0.39 is 0 Å². The molecule has 18 heavy (non-hydrogen) atoms. The van der Waals surface area contributed by atoms with E-state index in [2.05, 4.69) is 18.0 Å². The topological polar surface area (TPSA) is 30.0 Å². The fourth-order valence-corrected chi connectivity index (χ4v) is 3.72. The van der Waals surface area contributed by atoms with Crippen molar-refractivity contribution in [3.63, 3.8) is 0 Å². The Morgan fingerprint density at radius 2 is 2.22 bits per heavy atom. The maximum absolute atomic E-state index is 12.3. The number of hydrogen-bond acceptors (Lipinski definition) is 2. The number of aryl methyl sites for hydroxylation is 1. The lowest BCUT2D eigenvalue weighted by molar-refractivity contribution is -0.123. The monoisotopic (exact) mass is 243 g/mol. The predicted molar refractivity (Wildman–Crippen MR) is 71.3 cm³/mol. The average Bonchev–Trinajstić information content (AvgIpc) is 3.02. The van der Waals surface area contributed by atoms with E-state index in [0.29, 0.717) is 24.0 Å². The van der Waals surface area contributed by atoms with Crippen LogP contribution < -0.4 is 0 Å². The fraction of sp³-hybridized carbons (Fsp3) is 0.625. The molecule has 96 valence electrons. The van der Waals surface area contributed by atoms with Crippen LogP contribution in [0.3, 0.4) is 0 Å². The van der Waals surface area contributed by atoms with Gasteiger partial charge in [0.05, 0.1) is 0 Å². The Labute approximate surface area is 109 Å². The summed E-state index contributed by atoms with van der Waals surface area (Å²) in [6.07, 6.45) is 8.55. The normalized spacial score (nSPS) is 29.7. The molecule has 1 heterocycles. The Morgan fingerprint density at radius 3 is 2.78 bits per heavy atom. The Bertz CT molecular complexity index is 437. The molecule has 0 amide bonds. The van der Waals surface area contributed by atoms with Crippen LogP contribution in [0.15, 0.2) is 18.3 Å². The highest BCUT2D eigenvalue weighted by atomic mass is 16.1. The number of ketones is 1. The lowest BCUT2D eigenvalue weighted by Crippen LogP contribution is -2.22. The van der Waals surface area contributed by atoms with Gasteiger partial charge in [0.15, 0.2) is 0 Å². The minimum atomic E-state index is 0.344. The van der Waals surface area contributed by atoms with Crippen molar-refractivity contribution < 1.29 is 4.79 Å². The zero-order chi connectivity index (χ0) is 12.5. The molecule has 1 aromatic rings. The first-order valence-electron chi connectivity index (χ1n) is 7.22. The molecule has 2 nitrogen and oxygen atoms in total. The zero-order valence-electron chi connectivity index (χ0n) is 11.1. The molecule has 0 spiro atoms. The van der Waals surface area contributed by atoms with Gasteiger partial charge in [-0.2, -0.15) is 0 Å². The summed E-state index contributed by atoms with van der Waals surface area (Å²) in [7, 11) is 0. The maximum atomic E-state index is 12.3. The Balaban J connectivity index is 1.63. The van der Waals surface area contributed by atoms with E-state index in [1.165, 1.54) is 24.8 Å². The SMILES string of the molecule is CCc1ccc(CC(=O)C2CC3CCC2C3)nc1. The van der Waals surface area contributed by atoms with Crippen LogP contribution in [0.2, 0.25) is 0 Å². The van der Waals surface area contributed by atoms with Crippen molar-refractivity contribution in [3.05, 3.63) is 29.6 Å². The highest BCUT2D eigenvalue weighted by Crippen LogP contribution is 2.48. The highest BCUT2D eigenvalue weighted by Gasteiger charge is 2.42. The van der Waals surface area contributed by atoms with Gasteiger partial charge in [0.1, 0.15) is 5.78 Å². The molecule has 2 aliphatic rings. The van der Waals surface area contributed by atoms with Gasteiger partial charge in [0.2, 0.25) is 0 Å². The largest absolute Gasteiger partial charge is 0.299 e. The van der Waals surface area contributed by atoms with E-state index in [1.807, 2.05) is 12.3 Å². The lowest BCUT2D eigenvalue weighted by Gasteiger charge is -2.20. The van der Waals surface area contributed by atoms with Crippen molar-refractivity contribution in [2.24, 2.45) is 17.8 Å². The number of carbonyl (C=O) groups excluding carboxylic acids is 1. The molecule has 2 fully saturated rings. The van der Waals surface area contributed by atoms with Crippen molar-refractivity contribution in [1.82, 2.24) is 4.98 Å². The zero-order valence-corrected chi connectivity index (χ0v) is 11.1. The summed E-state index contributed by atoms with van der Waals surface area (Å²) in [5.74, 6) is 2.31. The van der Waals surface area contributed by atoms with Crippen molar-refractivity contribution in [1.29, 1.82) is 0 Å². The Morgan fingerprint density at radius 1 is 1.33 bits per heavy atom. The van der Waals surface area contributed by atoms with Crippen LogP contribution in [0.5, 0.6) is 0 Å². The van der Waals surface area contributed by atoms with Crippen LogP contribution in [0.25, 0.3) is 0 Å². The summed E-state index contributed by atoms with van der Waals surface area (Å²) in [5, 5.41) is 0. The Hall–Kier alpha value is -1.18. The van der Waals surface area contributed by atoms with E-state index in [1.54, 1.807) is 0 Å². The summed E-state index contributed by atoms with van der Waals surface area (Å²) < 4.78 is 0. The molecule has 2 aliphatic carbocycles. The molecule has 3 rings (SSSR count). The number of pyridine rings is 1. The van der Waals surface area contributed by atoms with Crippen molar-refractivity contribution in [3.8, 4) is 0 Å². The first-order chi connectivity index (χ1) is 8.76. The van der Waals surface area contributed by atoms with Gasteiger partial charge in [0, 0.05) is 24.2 Å². The van der Waals surface area contributed by atoms with Gasteiger partial charge in [-0.1, -0.05) is 19.4 Å². The average molecular weight is 243 g/mol. The first kappa shape index (κ1) is 11.9. The number of nitrogens with zero attached hydrogens (tertiary/aromatic N) is 1. The van der Waals surface area contributed by atoms with Crippen LogP contribution in [-0.2, 0) is 17.6 Å². The van der Waals surface area contributed by atoms with E-state index in [0.717, 1.165) is 24.5 Å². The van der Waals surface area contributed by atoms with Crippen LogP contribution in [0, 0.1) is 17.8 Å². The van der Waals surface area contributed by atoms with E-state index >= 15 is 0 Å². The van der Waals surface area contributed by atoms with Gasteiger partial charge in [-0.25, -0.2) is 0 Å². The second kappa shape index (κ2) is 4.83. The summed E-state index contributed by atoms with van der Waals surface area (Å²) in [5.41, 5.74) is 2.19. The molecule has 0 saturated heterocycles. The third kappa shape index (κ3) is 2.21. The smallest absolute Gasteiger partial charge is 0.142 e. The van der Waals surface area contributed by atoms with E-state index in [9.17, 15) is 4.79 Å². The molecule has 0 N–H and O–H groups in total. The molecule has 0 aromatic carbocycles. The minimum absolute atomic E-state index is 0.344. The van der Waals surface area contributed by atoms with Crippen molar-refractivity contribution in [2.75, 3.05) is 0 Å². The summed E-state index contributed by atoms with van der Waals surface area (Å²) in [6, 6.07) is 4.11. The van der Waals surface area contributed by atoms with Gasteiger partial charge in [0.25, 0.3) is 0 Å². The number of Topliss-reactive ketones (excluding diaryl/α,β-unsaturated/α-hetero) is 1. The first-order valence-corrected chi connectivity index (χ1v) is 7.22. The second-order valence-electron chi connectivity index (χ2n) is 5.94. The fourth-order valence-electron chi connectivity index (χ4n) is 3.72. The summed E-state index contributed by atoms with van der Waals surface area (Å²) in [6.45, 7) is 2.12. The van der Waals surface area contributed by atoms with Crippen LogP contribution in [0.4, 0.5) is 0 Å². The molecule has 0 radical (unpaired) electrons. The third-order valence-corrected chi connectivity index (χ3v) is 4.80. The summed E-state index contributed by atoms with van der Waals surface area (Å²) in [4.78, 5) is 16.7. The van der Waals surface area contributed by atoms with E-state index in [-0.39, 0.29) is 0 Å². The van der Waals surface area contributed by atoms with Gasteiger partial charge >= 0.3 is 0 Å². The quantitative estimate of drug-likeness (QED) is 0.813. The van der Waals surface area contributed by atoms with Gasteiger partial charge in [-0.3, -0.25) is 9.78 Å². The molecular weight excluding hydrogens is 222 g/mol. The minimum Gasteiger partial charge on any atom is -0.299 e. The number of carbonyl (C=O) groups is 1. The number of rotatable bonds is 4. The molecule has 3 unspecified atom stereocenters. The maximum Gasteiger partial charge on any atom is 0.142 e. The van der Waals surface area contributed by atoms with Crippen molar-refractivity contribution >= 4 is 5.78 Å². The van der Waals surface area contributed by atoms with Gasteiger partial charge in [-0.05, 0) is 49.1 Å². The second-order valence-corrected chi connectivity index (χ2v) is 5.94. The van der Waals surface area contributed by atoms with Gasteiger partial charge < -0.3 is 0 Å². The molecular formula is C16H21NO. The molecule has 3 atom stereocenters. The molecule has 2 saturated carbocycles. The number of hydrogen-bond donors (Lipinski definition) is 0. The van der Waals surface area contributed by atoms with Crippen molar-refractivity contribution in [2.45, 2.75) is 45.4 Å². The third-order valence-electron chi connectivity index (χ3n) is 4.80. The standard InChI is InChI=1S/C16H21NO/c1-2-11-4-6-14(17-10-11)9-16(18)15-8-12-3-5-13(15)7-12/h4,6,10,12-13,15H,2-3,5,7-9H2,1H3. The van der Waals surface area contributed by atoms with Gasteiger partial charge in [-0.15, -0.1) is 0 Å². The van der Waals surface area contributed by atoms with Crippen LogP contribution >= 0.6 is 0 Å². The number of aromatic nitrogens is 1. The molecule has 1 aromatic heterocycles. The predicted octanol–water partition coefficient (Wildman–Crippen LogP) is 3.19. The lowest BCUT2D eigenvalue weighted by atomic mass is 9.84. The van der Waals surface area contributed by atoms with Crippen LogP contribution in [-0.4, -0.2) is 10.8 Å². The molecule has 2 heteroatoms. The summed E-state index contributed by atoms with van der Waals surface area (Å²) >= 11 is 0. The van der Waals surface area contributed by atoms with Crippen LogP contribution in [0.1, 0.15) is 43.9 Å².